The van der Waals surface area contributed by atoms with E-state index in [0.29, 0.717) is 12.0 Å². The van der Waals surface area contributed by atoms with Crippen molar-refractivity contribution in [3.63, 3.8) is 0 Å². The monoisotopic (exact) mass is 239 g/mol. The number of methoxy groups -OCH3 is 1. The summed E-state index contributed by atoms with van der Waals surface area (Å²) in [6, 6.07) is 3.01. The average Bonchev–Trinajstić information content (AvgIpc) is 2.17. The molecule has 0 bridgehead atoms. The molecule has 1 aromatic rings. The van der Waals surface area contributed by atoms with E-state index in [0.717, 1.165) is 0 Å². The van der Waals surface area contributed by atoms with Crippen molar-refractivity contribution in [3.8, 4) is 11.5 Å². The number of hydrogen-bond acceptors (Lipinski definition) is 4. The maximum atomic E-state index is 11.0. The summed E-state index contributed by atoms with van der Waals surface area (Å²) in [6.45, 7) is 3.68. The molecule has 17 heavy (non-hydrogen) atoms. The van der Waals surface area contributed by atoms with Gasteiger partial charge in [0.1, 0.15) is 5.56 Å². The molecular formula is C12H17NO4. The molecular weight excluding hydrogens is 222 g/mol. The topological polar surface area (TPSA) is 92.8 Å². The second kappa shape index (κ2) is 4.63. The molecule has 5 heteroatoms. The van der Waals surface area contributed by atoms with Crippen LogP contribution in [0.15, 0.2) is 12.1 Å². The SMILES string of the molecule is COc1cc(CC(C)(C)N)cc(C(=O)O)c1O. The second-order valence-electron chi connectivity index (χ2n) is 4.66. The number of rotatable bonds is 4. The van der Waals surface area contributed by atoms with E-state index in [9.17, 15) is 9.90 Å². The Morgan fingerprint density at radius 2 is 2.06 bits per heavy atom. The van der Waals surface area contributed by atoms with Crippen LogP contribution in [-0.2, 0) is 6.42 Å². The van der Waals surface area contributed by atoms with Crippen molar-refractivity contribution < 1.29 is 19.7 Å². The smallest absolute Gasteiger partial charge is 0.339 e. The number of aromatic hydroxyl groups is 1. The van der Waals surface area contributed by atoms with Crippen LogP contribution in [0.1, 0.15) is 29.8 Å². The molecule has 0 saturated carbocycles. The Labute approximate surface area is 99.8 Å². The molecule has 0 fully saturated rings. The molecule has 0 unspecified atom stereocenters. The third-order valence-corrected chi connectivity index (χ3v) is 2.24. The minimum Gasteiger partial charge on any atom is -0.504 e. The molecule has 0 radical (unpaired) electrons. The summed E-state index contributed by atoms with van der Waals surface area (Å²) in [5.41, 5.74) is 5.95. The van der Waals surface area contributed by atoms with Crippen LogP contribution in [0, 0.1) is 0 Å². The number of hydrogen-bond donors (Lipinski definition) is 3. The fourth-order valence-electron chi connectivity index (χ4n) is 1.61. The normalized spacial score (nSPS) is 11.3. The van der Waals surface area contributed by atoms with Gasteiger partial charge in [0.15, 0.2) is 11.5 Å². The van der Waals surface area contributed by atoms with Crippen molar-refractivity contribution in [1.29, 1.82) is 0 Å². The summed E-state index contributed by atoms with van der Waals surface area (Å²) in [7, 11) is 1.37. The zero-order valence-electron chi connectivity index (χ0n) is 10.2. The number of carboxylic acids is 1. The second-order valence-corrected chi connectivity index (χ2v) is 4.66. The number of benzene rings is 1. The summed E-state index contributed by atoms with van der Waals surface area (Å²) >= 11 is 0. The molecule has 0 spiro atoms. The molecule has 0 aliphatic carbocycles. The fourth-order valence-corrected chi connectivity index (χ4v) is 1.61. The van der Waals surface area contributed by atoms with Gasteiger partial charge in [-0.3, -0.25) is 0 Å². The minimum absolute atomic E-state index is 0.143. The highest BCUT2D eigenvalue weighted by Crippen LogP contribution is 2.32. The molecule has 5 nitrogen and oxygen atoms in total. The van der Waals surface area contributed by atoms with Crippen molar-refractivity contribution in [2.45, 2.75) is 25.8 Å². The molecule has 1 aromatic carbocycles. The van der Waals surface area contributed by atoms with Crippen molar-refractivity contribution in [1.82, 2.24) is 0 Å². The number of phenols is 1. The van der Waals surface area contributed by atoms with Gasteiger partial charge in [-0.25, -0.2) is 4.79 Å². The number of carboxylic acid groups (broad SMARTS) is 1. The van der Waals surface area contributed by atoms with Gasteiger partial charge in [0.25, 0.3) is 0 Å². The lowest BCUT2D eigenvalue weighted by atomic mass is 9.94. The van der Waals surface area contributed by atoms with Crippen molar-refractivity contribution >= 4 is 5.97 Å². The predicted octanol–water partition coefficient (Wildman–Crippen LogP) is 1.38. The lowest BCUT2D eigenvalue weighted by molar-refractivity contribution is 0.0693. The van der Waals surface area contributed by atoms with Crippen molar-refractivity contribution in [2.75, 3.05) is 7.11 Å². The van der Waals surface area contributed by atoms with Crippen LogP contribution in [-0.4, -0.2) is 28.8 Å². The third kappa shape index (κ3) is 3.35. The molecule has 0 atom stereocenters. The minimum atomic E-state index is -1.20. The quantitative estimate of drug-likeness (QED) is 0.738. The van der Waals surface area contributed by atoms with Gasteiger partial charge in [-0.2, -0.15) is 0 Å². The van der Waals surface area contributed by atoms with Gasteiger partial charge >= 0.3 is 5.97 Å². The van der Waals surface area contributed by atoms with Crippen LogP contribution in [0.2, 0.25) is 0 Å². The first kappa shape index (κ1) is 13.3. The first-order chi connectivity index (χ1) is 7.74. The summed E-state index contributed by atoms with van der Waals surface area (Å²) in [6.07, 6.45) is 0.490. The Balaban J connectivity index is 3.25. The highest BCUT2D eigenvalue weighted by Gasteiger charge is 2.19. The van der Waals surface area contributed by atoms with Crippen LogP contribution < -0.4 is 10.5 Å². The van der Waals surface area contributed by atoms with Gasteiger partial charge in [0, 0.05) is 5.54 Å². The number of carbonyl (C=O) groups is 1. The van der Waals surface area contributed by atoms with Crippen molar-refractivity contribution in [3.05, 3.63) is 23.3 Å². The van der Waals surface area contributed by atoms with Gasteiger partial charge in [0.2, 0.25) is 0 Å². The molecule has 4 N–H and O–H groups in total. The van der Waals surface area contributed by atoms with Gasteiger partial charge in [-0.05, 0) is 38.0 Å². The third-order valence-electron chi connectivity index (χ3n) is 2.24. The van der Waals surface area contributed by atoms with Gasteiger partial charge in [-0.1, -0.05) is 0 Å². The lowest BCUT2D eigenvalue weighted by Crippen LogP contribution is -2.34. The Hall–Kier alpha value is -1.75. The van der Waals surface area contributed by atoms with E-state index in [-0.39, 0.29) is 17.1 Å². The Bertz CT molecular complexity index is 435. The van der Waals surface area contributed by atoms with Crippen LogP contribution in [0.3, 0.4) is 0 Å². The Kier molecular flexibility index (Phi) is 3.63. The van der Waals surface area contributed by atoms with E-state index >= 15 is 0 Å². The van der Waals surface area contributed by atoms with E-state index in [1.54, 1.807) is 6.07 Å². The van der Waals surface area contributed by atoms with Gasteiger partial charge < -0.3 is 20.7 Å². The molecule has 0 amide bonds. The molecule has 94 valence electrons. The highest BCUT2D eigenvalue weighted by atomic mass is 16.5. The maximum Gasteiger partial charge on any atom is 0.339 e. The number of aromatic carboxylic acids is 1. The Morgan fingerprint density at radius 3 is 2.47 bits per heavy atom. The summed E-state index contributed by atoms with van der Waals surface area (Å²) in [5.74, 6) is -1.42. The Morgan fingerprint density at radius 1 is 1.47 bits per heavy atom. The van der Waals surface area contributed by atoms with Crippen LogP contribution in [0.25, 0.3) is 0 Å². The fraction of sp³-hybridized carbons (Fsp3) is 0.417. The molecule has 0 saturated heterocycles. The zero-order chi connectivity index (χ0) is 13.2. The number of ether oxygens (including phenoxy) is 1. The van der Waals surface area contributed by atoms with Crippen molar-refractivity contribution in [2.24, 2.45) is 5.73 Å². The summed E-state index contributed by atoms with van der Waals surface area (Å²) in [4.78, 5) is 11.0. The van der Waals surface area contributed by atoms with Gasteiger partial charge in [0.05, 0.1) is 7.11 Å². The largest absolute Gasteiger partial charge is 0.504 e. The van der Waals surface area contributed by atoms with Crippen LogP contribution in [0.4, 0.5) is 0 Å². The first-order valence-corrected chi connectivity index (χ1v) is 5.16. The van der Waals surface area contributed by atoms with E-state index in [1.165, 1.54) is 13.2 Å². The van der Waals surface area contributed by atoms with E-state index in [2.05, 4.69) is 0 Å². The molecule has 0 aromatic heterocycles. The molecule has 0 aliphatic rings. The molecule has 1 rings (SSSR count). The highest BCUT2D eigenvalue weighted by molar-refractivity contribution is 5.92. The van der Waals surface area contributed by atoms with E-state index in [1.807, 2.05) is 13.8 Å². The summed E-state index contributed by atoms with van der Waals surface area (Å²) < 4.78 is 4.94. The summed E-state index contributed by atoms with van der Waals surface area (Å²) in [5, 5.41) is 18.6. The average molecular weight is 239 g/mol. The molecule has 0 heterocycles. The van der Waals surface area contributed by atoms with Crippen LogP contribution in [0.5, 0.6) is 11.5 Å². The lowest BCUT2D eigenvalue weighted by Gasteiger charge is -2.19. The maximum absolute atomic E-state index is 11.0. The number of nitrogens with two attached hydrogens (primary N) is 1. The zero-order valence-corrected chi connectivity index (χ0v) is 10.2. The standard InChI is InChI=1S/C12H17NO4/c1-12(2,13)6-7-4-8(11(15)16)10(14)9(5-7)17-3/h4-5,14H,6,13H2,1-3H3,(H,15,16). The van der Waals surface area contributed by atoms with Crippen LogP contribution >= 0.6 is 0 Å². The van der Waals surface area contributed by atoms with E-state index in [4.69, 9.17) is 15.6 Å². The first-order valence-electron chi connectivity index (χ1n) is 5.16. The predicted molar refractivity (Wildman–Crippen MR) is 63.6 cm³/mol. The van der Waals surface area contributed by atoms with Gasteiger partial charge in [-0.15, -0.1) is 0 Å². The van der Waals surface area contributed by atoms with E-state index < -0.39 is 11.5 Å². The molecule has 0 aliphatic heterocycles.